The normalized spacial score (nSPS) is 29.5. The Morgan fingerprint density at radius 2 is 2.50 bits per heavy atom. The molecule has 1 aliphatic heterocycles. The predicted molar refractivity (Wildman–Crippen MR) is 30.9 cm³/mol. The summed E-state index contributed by atoms with van der Waals surface area (Å²) in [6.45, 7) is 3.87. The van der Waals surface area contributed by atoms with Gasteiger partial charge in [-0.15, -0.1) is 0 Å². The minimum atomic E-state index is 0.222. The Balaban J connectivity index is 2.57. The molecule has 0 spiro atoms. The quantitative estimate of drug-likeness (QED) is 0.450. The van der Waals surface area contributed by atoms with E-state index >= 15 is 0 Å². The molecule has 1 rings (SSSR count). The van der Waals surface area contributed by atoms with Crippen molar-refractivity contribution >= 4 is 5.91 Å². The summed E-state index contributed by atoms with van der Waals surface area (Å²) in [6, 6.07) is 0. The Bertz CT molecular complexity index is 99.1. The summed E-state index contributed by atoms with van der Waals surface area (Å²) >= 11 is 0. The van der Waals surface area contributed by atoms with Crippen LogP contribution in [0.15, 0.2) is 0 Å². The second-order valence-electron chi connectivity index (χ2n) is 2.27. The third-order valence-electron chi connectivity index (χ3n) is 1.50. The standard InChI is InChI=1S/C6H10NO/c1-5-3-4-7(2)6(5)8/h4-5H,3H2,1-2H3. The SMILES string of the molecule is CC1C[CH]N(C)C1=O. The highest BCUT2D eigenvalue weighted by Gasteiger charge is 2.24. The molecular formula is C6H10NO. The largest absolute Gasteiger partial charge is 0.340 e. The van der Waals surface area contributed by atoms with E-state index in [2.05, 4.69) is 0 Å². The van der Waals surface area contributed by atoms with E-state index in [4.69, 9.17) is 0 Å². The lowest BCUT2D eigenvalue weighted by atomic mass is 10.1. The predicted octanol–water partition coefficient (Wildman–Crippen LogP) is 0.646. The molecule has 1 saturated heterocycles. The first kappa shape index (κ1) is 5.60. The fraction of sp³-hybridized carbons (Fsp3) is 0.667. The van der Waals surface area contributed by atoms with Gasteiger partial charge < -0.3 is 4.90 Å². The molecule has 8 heavy (non-hydrogen) atoms. The Kier molecular flexibility index (Phi) is 1.24. The molecule has 0 aliphatic carbocycles. The molecule has 0 aromatic rings. The van der Waals surface area contributed by atoms with Gasteiger partial charge in [-0.05, 0) is 6.42 Å². The van der Waals surface area contributed by atoms with Crippen molar-refractivity contribution in [2.75, 3.05) is 7.05 Å². The van der Waals surface area contributed by atoms with Gasteiger partial charge >= 0.3 is 0 Å². The van der Waals surface area contributed by atoms with Gasteiger partial charge in [-0.2, -0.15) is 0 Å². The first-order valence-electron chi connectivity index (χ1n) is 2.82. The van der Waals surface area contributed by atoms with Crippen LogP contribution in [0.2, 0.25) is 0 Å². The van der Waals surface area contributed by atoms with Crippen LogP contribution in [-0.2, 0) is 4.79 Å². The van der Waals surface area contributed by atoms with Crippen molar-refractivity contribution in [2.45, 2.75) is 13.3 Å². The van der Waals surface area contributed by atoms with Crippen LogP contribution in [0.25, 0.3) is 0 Å². The fourth-order valence-corrected chi connectivity index (χ4v) is 0.855. The van der Waals surface area contributed by atoms with Gasteiger partial charge in [0.05, 0.1) is 6.54 Å². The van der Waals surface area contributed by atoms with Crippen LogP contribution in [0.5, 0.6) is 0 Å². The van der Waals surface area contributed by atoms with Gasteiger partial charge in [0, 0.05) is 13.0 Å². The molecule has 1 amide bonds. The van der Waals surface area contributed by atoms with Gasteiger partial charge in [-0.1, -0.05) is 6.92 Å². The first-order valence-corrected chi connectivity index (χ1v) is 2.82. The van der Waals surface area contributed by atoms with Crippen LogP contribution >= 0.6 is 0 Å². The van der Waals surface area contributed by atoms with Crippen LogP contribution in [0, 0.1) is 12.5 Å². The van der Waals surface area contributed by atoms with Crippen molar-refractivity contribution in [1.82, 2.24) is 4.90 Å². The number of nitrogens with zero attached hydrogens (tertiary/aromatic N) is 1. The first-order chi connectivity index (χ1) is 3.72. The molecule has 1 unspecified atom stereocenters. The Hall–Kier alpha value is -0.530. The van der Waals surface area contributed by atoms with E-state index in [1.807, 2.05) is 13.5 Å². The number of carbonyl (C=O) groups excluding carboxylic acids is 1. The van der Waals surface area contributed by atoms with E-state index < -0.39 is 0 Å². The van der Waals surface area contributed by atoms with Crippen molar-refractivity contribution in [3.8, 4) is 0 Å². The molecule has 1 atom stereocenters. The maximum absolute atomic E-state index is 10.8. The molecule has 1 fully saturated rings. The van der Waals surface area contributed by atoms with Gasteiger partial charge in [-0.3, -0.25) is 4.79 Å². The van der Waals surface area contributed by atoms with Gasteiger partial charge in [0.2, 0.25) is 5.91 Å². The zero-order valence-corrected chi connectivity index (χ0v) is 5.22. The van der Waals surface area contributed by atoms with Crippen LogP contribution < -0.4 is 0 Å². The van der Waals surface area contributed by atoms with E-state index in [1.165, 1.54) is 0 Å². The highest BCUT2D eigenvalue weighted by Crippen LogP contribution is 2.17. The van der Waals surface area contributed by atoms with Crippen molar-refractivity contribution in [2.24, 2.45) is 5.92 Å². The van der Waals surface area contributed by atoms with Gasteiger partial charge in [0.25, 0.3) is 0 Å². The third kappa shape index (κ3) is 0.703. The second-order valence-corrected chi connectivity index (χ2v) is 2.27. The summed E-state index contributed by atoms with van der Waals surface area (Å²) in [7, 11) is 1.80. The van der Waals surface area contributed by atoms with Gasteiger partial charge in [0.15, 0.2) is 0 Å². The summed E-state index contributed by atoms with van der Waals surface area (Å²) in [5.74, 6) is 0.463. The van der Waals surface area contributed by atoms with Crippen LogP contribution in [0.4, 0.5) is 0 Å². The fourth-order valence-electron chi connectivity index (χ4n) is 0.855. The summed E-state index contributed by atoms with van der Waals surface area (Å²) in [5.41, 5.74) is 0. The molecule has 1 radical (unpaired) electrons. The summed E-state index contributed by atoms with van der Waals surface area (Å²) < 4.78 is 0. The molecule has 0 bridgehead atoms. The average Bonchev–Trinajstić information content (AvgIpc) is 1.98. The Labute approximate surface area is 49.5 Å². The molecule has 2 heteroatoms. The summed E-state index contributed by atoms with van der Waals surface area (Å²) in [5, 5.41) is 0. The molecule has 0 saturated carbocycles. The van der Waals surface area contributed by atoms with Crippen LogP contribution in [-0.4, -0.2) is 17.9 Å². The van der Waals surface area contributed by atoms with E-state index in [9.17, 15) is 4.79 Å². The number of hydrogen-bond donors (Lipinski definition) is 0. The highest BCUT2D eigenvalue weighted by molar-refractivity contribution is 5.81. The smallest absolute Gasteiger partial charge is 0.225 e. The zero-order valence-electron chi connectivity index (χ0n) is 5.22. The van der Waals surface area contributed by atoms with E-state index in [1.54, 1.807) is 11.9 Å². The Morgan fingerprint density at radius 1 is 1.88 bits per heavy atom. The van der Waals surface area contributed by atoms with Crippen molar-refractivity contribution in [3.63, 3.8) is 0 Å². The number of amides is 1. The molecule has 1 heterocycles. The molecule has 2 nitrogen and oxygen atoms in total. The lowest BCUT2D eigenvalue weighted by Crippen LogP contribution is -2.18. The lowest BCUT2D eigenvalue weighted by molar-refractivity contribution is -0.128. The maximum Gasteiger partial charge on any atom is 0.225 e. The van der Waals surface area contributed by atoms with Crippen molar-refractivity contribution < 1.29 is 4.79 Å². The molecular weight excluding hydrogens is 102 g/mol. The number of rotatable bonds is 0. The minimum absolute atomic E-state index is 0.222. The third-order valence-corrected chi connectivity index (χ3v) is 1.50. The topological polar surface area (TPSA) is 20.3 Å². The van der Waals surface area contributed by atoms with Crippen molar-refractivity contribution in [1.29, 1.82) is 0 Å². The maximum atomic E-state index is 10.8. The average molecular weight is 112 g/mol. The second kappa shape index (κ2) is 1.77. The molecule has 45 valence electrons. The highest BCUT2D eigenvalue weighted by atomic mass is 16.2. The zero-order chi connectivity index (χ0) is 6.15. The number of hydrogen-bond acceptors (Lipinski definition) is 1. The summed E-state index contributed by atoms with van der Waals surface area (Å²) in [6.07, 6.45) is 0.912. The monoisotopic (exact) mass is 112 g/mol. The molecule has 1 aliphatic rings. The lowest BCUT2D eigenvalue weighted by Gasteiger charge is -2.04. The van der Waals surface area contributed by atoms with Crippen LogP contribution in [0.1, 0.15) is 13.3 Å². The van der Waals surface area contributed by atoms with E-state index in [-0.39, 0.29) is 11.8 Å². The summed E-state index contributed by atoms with van der Waals surface area (Å²) in [4.78, 5) is 12.5. The number of carbonyl (C=O) groups is 1. The van der Waals surface area contributed by atoms with Crippen LogP contribution in [0.3, 0.4) is 0 Å². The minimum Gasteiger partial charge on any atom is -0.340 e. The van der Waals surface area contributed by atoms with E-state index in [0.29, 0.717) is 0 Å². The van der Waals surface area contributed by atoms with Gasteiger partial charge in [-0.25, -0.2) is 0 Å². The molecule has 0 N–H and O–H groups in total. The molecule has 0 aromatic heterocycles. The van der Waals surface area contributed by atoms with Gasteiger partial charge in [0.1, 0.15) is 0 Å². The Morgan fingerprint density at radius 3 is 2.62 bits per heavy atom. The number of likely N-dealkylation sites (tertiary alicyclic amines) is 1. The van der Waals surface area contributed by atoms with E-state index in [0.717, 1.165) is 6.42 Å². The molecule has 0 aromatic carbocycles. The van der Waals surface area contributed by atoms with Crippen molar-refractivity contribution in [3.05, 3.63) is 6.54 Å².